The van der Waals surface area contributed by atoms with Gasteiger partial charge in [-0.15, -0.1) is 11.3 Å². The van der Waals surface area contributed by atoms with E-state index in [1.165, 1.54) is 11.4 Å². The van der Waals surface area contributed by atoms with Gasteiger partial charge in [0, 0.05) is 11.0 Å². The summed E-state index contributed by atoms with van der Waals surface area (Å²) in [5.74, 6) is -1.29. The molecule has 0 saturated carbocycles. The Kier molecular flexibility index (Phi) is 5.40. The molecule has 0 spiro atoms. The predicted molar refractivity (Wildman–Crippen MR) is 61.7 cm³/mol. The second-order valence-electron chi connectivity index (χ2n) is 3.74. The maximum absolute atomic E-state index is 12.3. The van der Waals surface area contributed by atoms with Crippen LogP contribution >= 0.6 is 11.3 Å². The van der Waals surface area contributed by atoms with Crippen molar-refractivity contribution in [2.75, 3.05) is 0 Å². The number of carboxylic acids is 1. The third-order valence-corrected chi connectivity index (χ3v) is 3.07. The molecule has 1 N–H and O–H groups in total. The molecule has 3 nitrogen and oxygen atoms in total. The first kappa shape index (κ1) is 17.5. The van der Waals surface area contributed by atoms with E-state index in [0.29, 0.717) is 0 Å². The van der Waals surface area contributed by atoms with E-state index in [4.69, 9.17) is 5.11 Å². The molecule has 1 rings (SSSR count). The van der Waals surface area contributed by atoms with Gasteiger partial charge >= 0.3 is 18.3 Å². The van der Waals surface area contributed by atoms with Crippen LogP contribution in [0.4, 0.5) is 26.3 Å². The Morgan fingerprint density at radius 3 is 2.33 bits per heavy atom. The fourth-order valence-corrected chi connectivity index (χ4v) is 2.10. The minimum Gasteiger partial charge on any atom is -0.478 e. The first-order valence-electron chi connectivity index (χ1n) is 5.24. The lowest BCUT2D eigenvalue weighted by atomic mass is 10.2. The summed E-state index contributed by atoms with van der Waals surface area (Å²) in [5, 5.41) is 9.82. The number of halogens is 6. The Hall–Kier alpha value is -1.55. The van der Waals surface area contributed by atoms with Crippen LogP contribution in [-0.4, -0.2) is 29.5 Å². The highest BCUT2D eigenvalue weighted by molar-refractivity contribution is 7.10. The van der Waals surface area contributed by atoms with Crippen LogP contribution in [0, 0.1) is 0 Å². The van der Waals surface area contributed by atoms with E-state index in [1.807, 2.05) is 0 Å². The number of aliphatic carboxylic acids is 1. The van der Waals surface area contributed by atoms with Gasteiger partial charge in [-0.3, -0.25) is 0 Å². The van der Waals surface area contributed by atoms with E-state index < -0.39 is 31.0 Å². The van der Waals surface area contributed by atoms with Crippen LogP contribution in [0.1, 0.15) is 10.4 Å². The van der Waals surface area contributed by atoms with Gasteiger partial charge in [0.05, 0.1) is 6.61 Å². The molecule has 0 bridgehead atoms. The number of thiophene rings is 1. The van der Waals surface area contributed by atoms with E-state index in [0.717, 1.165) is 23.5 Å². The van der Waals surface area contributed by atoms with E-state index in [2.05, 4.69) is 4.74 Å². The molecule has 0 radical (unpaired) electrons. The van der Waals surface area contributed by atoms with Gasteiger partial charge in [0.15, 0.2) is 0 Å². The average Bonchev–Trinajstić information content (AvgIpc) is 2.70. The van der Waals surface area contributed by atoms with Gasteiger partial charge < -0.3 is 9.84 Å². The van der Waals surface area contributed by atoms with Crippen molar-refractivity contribution < 1.29 is 41.0 Å². The summed E-state index contributed by atoms with van der Waals surface area (Å²) in [7, 11) is 0. The van der Waals surface area contributed by atoms with Crippen molar-refractivity contribution in [3.63, 3.8) is 0 Å². The molecule has 0 saturated heterocycles. The SMILES string of the molecule is O=C(O)/C=C/c1ccsc1COC(C(F)(F)F)C(F)(F)F. The van der Waals surface area contributed by atoms with Crippen LogP contribution in [0.2, 0.25) is 0 Å². The third-order valence-electron chi connectivity index (χ3n) is 2.16. The van der Waals surface area contributed by atoms with Crippen molar-refractivity contribution in [2.24, 2.45) is 0 Å². The maximum Gasteiger partial charge on any atom is 0.423 e. The average molecular weight is 334 g/mol. The van der Waals surface area contributed by atoms with Gasteiger partial charge in [-0.2, -0.15) is 26.3 Å². The number of ether oxygens (including phenoxy) is 1. The monoisotopic (exact) mass is 334 g/mol. The van der Waals surface area contributed by atoms with Gasteiger partial charge in [-0.25, -0.2) is 4.79 Å². The van der Waals surface area contributed by atoms with E-state index in [9.17, 15) is 31.1 Å². The molecule has 0 aliphatic rings. The smallest absolute Gasteiger partial charge is 0.423 e. The summed E-state index contributed by atoms with van der Waals surface area (Å²) < 4.78 is 77.5. The van der Waals surface area contributed by atoms with Crippen LogP contribution < -0.4 is 0 Å². The second kappa shape index (κ2) is 6.48. The summed E-state index contributed by atoms with van der Waals surface area (Å²) >= 11 is 0.861. The van der Waals surface area contributed by atoms with Crippen molar-refractivity contribution in [1.82, 2.24) is 0 Å². The number of carboxylic acid groups (broad SMARTS) is 1. The third kappa shape index (κ3) is 5.38. The minimum atomic E-state index is -5.58. The predicted octanol–water partition coefficient (Wildman–Crippen LogP) is 3.86. The largest absolute Gasteiger partial charge is 0.478 e. The first-order chi connectivity index (χ1) is 9.51. The van der Waals surface area contributed by atoms with Gasteiger partial charge in [0.1, 0.15) is 0 Å². The maximum atomic E-state index is 12.3. The zero-order chi connectivity index (χ0) is 16.3. The Balaban J connectivity index is 2.83. The topological polar surface area (TPSA) is 46.5 Å². The number of alkyl halides is 6. The van der Waals surface area contributed by atoms with Crippen LogP contribution in [0.15, 0.2) is 17.5 Å². The Morgan fingerprint density at radius 2 is 1.86 bits per heavy atom. The van der Waals surface area contributed by atoms with Gasteiger partial charge in [0.25, 0.3) is 0 Å². The molecule has 1 heterocycles. The standard InChI is InChI=1S/C11H8F6O3S/c12-10(13,14)9(11(15,16)17)20-5-7-6(3-4-21-7)1-2-8(18)19/h1-4,9H,5H2,(H,18,19)/b2-1+. The van der Waals surface area contributed by atoms with Crippen LogP contribution in [0.3, 0.4) is 0 Å². The molecule has 1 aromatic heterocycles. The van der Waals surface area contributed by atoms with Gasteiger partial charge in [-0.1, -0.05) is 0 Å². The highest BCUT2D eigenvalue weighted by atomic mass is 32.1. The molecule has 0 fully saturated rings. The van der Waals surface area contributed by atoms with E-state index >= 15 is 0 Å². The number of hydrogen-bond acceptors (Lipinski definition) is 3. The molecule has 10 heteroatoms. The zero-order valence-electron chi connectivity index (χ0n) is 10.0. The molecule has 0 aliphatic carbocycles. The van der Waals surface area contributed by atoms with Crippen molar-refractivity contribution in [3.05, 3.63) is 28.0 Å². The molecule has 1 aromatic rings. The summed E-state index contributed by atoms with van der Waals surface area (Å²) in [6.07, 6.45) is -13.3. The molecule has 0 amide bonds. The molecule has 118 valence electrons. The number of carbonyl (C=O) groups is 1. The van der Waals surface area contributed by atoms with Crippen molar-refractivity contribution in [2.45, 2.75) is 25.1 Å². The van der Waals surface area contributed by atoms with E-state index in [1.54, 1.807) is 0 Å². The first-order valence-corrected chi connectivity index (χ1v) is 6.12. The molecular weight excluding hydrogens is 326 g/mol. The highest BCUT2D eigenvalue weighted by Gasteiger charge is 2.58. The number of rotatable bonds is 5. The highest BCUT2D eigenvalue weighted by Crippen LogP contribution is 2.36. The quantitative estimate of drug-likeness (QED) is 0.657. The van der Waals surface area contributed by atoms with Crippen LogP contribution in [0.25, 0.3) is 6.08 Å². The molecule has 0 aliphatic heterocycles. The fourth-order valence-electron chi connectivity index (χ4n) is 1.31. The summed E-state index contributed by atoms with van der Waals surface area (Å²) in [6.45, 7) is -0.930. The fraction of sp³-hybridized carbons (Fsp3) is 0.364. The Morgan fingerprint density at radius 1 is 1.29 bits per heavy atom. The van der Waals surface area contributed by atoms with Crippen LogP contribution in [-0.2, 0) is 16.1 Å². The van der Waals surface area contributed by atoms with Crippen molar-refractivity contribution in [1.29, 1.82) is 0 Å². The lowest BCUT2D eigenvalue weighted by Crippen LogP contribution is -2.44. The van der Waals surface area contributed by atoms with Crippen molar-refractivity contribution >= 4 is 23.4 Å². The second-order valence-corrected chi connectivity index (χ2v) is 4.75. The summed E-state index contributed by atoms with van der Waals surface area (Å²) in [6, 6.07) is 1.36. The minimum absolute atomic E-state index is 0.0611. The lowest BCUT2D eigenvalue weighted by Gasteiger charge is -2.22. The number of hydrogen-bond donors (Lipinski definition) is 1. The normalized spacial score (nSPS) is 13.3. The van der Waals surface area contributed by atoms with Gasteiger partial charge in [0.2, 0.25) is 6.10 Å². The summed E-state index contributed by atoms with van der Waals surface area (Å²) in [5.41, 5.74) is 0.186. The lowest BCUT2D eigenvalue weighted by molar-refractivity contribution is -0.324. The Bertz CT molecular complexity index is 503. The van der Waals surface area contributed by atoms with E-state index in [-0.39, 0.29) is 10.4 Å². The van der Waals surface area contributed by atoms with Crippen LogP contribution in [0.5, 0.6) is 0 Å². The van der Waals surface area contributed by atoms with Crippen molar-refractivity contribution in [3.8, 4) is 0 Å². The molecule has 0 unspecified atom stereocenters. The molecule has 21 heavy (non-hydrogen) atoms. The Labute approximate surface area is 118 Å². The van der Waals surface area contributed by atoms with Gasteiger partial charge in [-0.05, 0) is 23.1 Å². The molecule has 0 atom stereocenters. The molecular formula is C11H8F6O3S. The zero-order valence-corrected chi connectivity index (χ0v) is 10.9. The molecule has 0 aromatic carbocycles. The summed E-state index contributed by atoms with van der Waals surface area (Å²) in [4.78, 5) is 10.4.